The zero-order chi connectivity index (χ0) is 19.5. The van der Waals surface area contributed by atoms with Crippen LogP contribution in [-0.2, 0) is 6.54 Å². The normalized spacial score (nSPS) is 15.0. The minimum atomic E-state index is 0.729. The smallest absolute Gasteiger partial charge is 0.168 e. The third-order valence-electron chi connectivity index (χ3n) is 5.36. The van der Waals surface area contributed by atoms with Gasteiger partial charge in [0, 0.05) is 12.7 Å². The number of nitrogens with one attached hydrogen (secondary N) is 1. The van der Waals surface area contributed by atoms with E-state index in [-0.39, 0.29) is 0 Å². The molecule has 148 valence electrons. The van der Waals surface area contributed by atoms with E-state index in [1.54, 1.807) is 12.5 Å². The number of para-hydroxylation sites is 1. The van der Waals surface area contributed by atoms with Crippen molar-refractivity contribution >= 4 is 22.5 Å². The summed E-state index contributed by atoms with van der Waals surface area (Å²) in [5, 5.41) is 13.2. The molecule has 8 nitrogen and oxygen atoms in total. The van der Waals surface area contributed by atoms with Crippen LogP contribution < -0.4 is 5.32 Å². The molecule has 0 amide bonds. The lowest BCUT2D eigenvalue weighted by atomic mass is 10.1. The van der Waals surface area contributed by atoms with E-state index >= 15 is 0 Å². The first-order valence-corrected chi connectivity index (χ1v) is 10.1. The summed E-state index contributed by atoms with van der Waals surface area (Å²) in [6, 6.07) is 9.98. The zero-order valence-corrected chi connectivity index (χ0v) is 16.3. The summed E-state index contributed by atoms with van der Waals surface area (Å²) in [5.74, 6) is 0.729. The van der Waals surface area contributed by atoms with Gasteiger partial charge in [0.05, 0.1) is 35.7 Å². The van der Waals surface area contributed by atoms with E-state index in [1.165, 1.54) is 32.4 Å². The lowest BCUT2D eigenvalue weighted by Crippen LogP contribution is -2.32. The summed E-state index contributed by atoms with van der Waals surface area (Å²) < 4.78 is 3.81. The molecule has 29 heavy (non-hydrogen) atoms. The fourth-order valence-electron chi connectivity index (χ4n) is 3.82. The second-order valence-electron chi connectivity index (χ2n) is 7.37. The molecule has 0 aliphatic carbocycles. The summed E-state index contributed by atoms with van der Waals surface area (Å²) in [6.45, 7) is 4.35. The maximum absolute atomic E-state index is 4.50. The summed E-state index contributed by atoms with van der Waals surface area (Å²) in [7, 11) is 0. The van der Waals surface area contributed by atoms with Gasteiger partial charge in [0.25, 0.3) is 0 Å². The second kappa shape index (κ2) is 8.00. The van der Waals surface area contributed by atoms with Gasteiger partial charge >= 0.3 is 0 Å². The summed E-state index contributed by atoms with van der Waals surface area (Å²) in [6.07, 6.45) is 11.2. The van der Waals surface area contributed by atoms with Crippen LogP contribution in [-0.4, -0.2) is 54.1 Å². The number of hydrogen-bond donors (Lipinski definition) is 1. The molecule has 0 atom stereocenters. The zero-order valence-electron chi connectivity index (χ0n) is 16.3. The molecule has 1 saturated heterocycles. The van der Waals surface area contributed by atoms with Crippen LogP contribution in [0.25, 0.3) is 16.7 Å². The van der Waals surface area contributed by atoms with E-state index in [0.29, 0.717) is 0 Å². The van der Waals surface area contributed by atoms with Crippen LogP contribution in [0.1, 0.15) is 19.3 Å². The first-order chi connectivity index (χ1) is 14.4. The monoisotopic (exact) mass is 388 g/mol. The van der Waals surface area contributed by atoms with E-state index in [9.17, 15) is 0 Å². The van der Waals surface area contributed by atoms with Gasteiger partial charge in [-0.05, 0) is 38.1 Å². The largest absolute Gasteiger partial charge is 0.337 e. The molecule has 4 aromatic rings. The Morgan fingerprint density at radius 2 is 1.76 bits per heavy atom. The van der Waals surface area contributed by atoms with Gasteiger partial charge < -0.3 is 10.2 Å². The van der Waals surface area contributed by atoms with Crippen LogP contribution >= 0.6 is 0 Å². The second-order valence-corrected chi connectivity index (χ2v) is 7.37. The van der Waals surface area contributed by atoms with Crippen molar-refractivity contribution in [3.8, 4) is 5.69 Å². The van der Waals surface area contributed by atoms with Crippen LogP contribution in [0, 0.1) is 0 Å². The predicted octanol–water partition coefficient (Wildman–Crippen LogP) is 3.24. The molecule has 1 aliphatic rings. The van der Waals surface area contributed by atoms with Crippen molar-refractivity contribution in [1.82, 2.24) is 34.4 Å². The highest BCUT2D eigenvalue weighted by atomic mass is 15.3. The fourth-order valence-corrected chi connectivity index (χ4v) is 3.82. The number of piperidine rings is 1. The summed E-state index contributed by atoms with van der Waals surface area (Å²) in [5.41, 5.74) is 2.65. The average molecular weight is 388 g/mol. The Morgan fingerprint density at radius 3 is 2.62 bits per heavy atom. The van der Waals surface area contributed by atoms with Crippen LogP contribution in [0.4, 0.5) is 11.5 Å². The molecule has 1 aliphatic heterocycles. The number of fused-ring (bicyclic) bond motifs is 1. The van der Waals surface area contributed by atoms with Crippen molar-refractivity contribution in [2.45, 2.75) is 25.8 Å². The highest BCUT2D eigenvalue weighted by Gasteiger charge is 2.13. The number of anilines is 2. The summed E-state index contributed by atoms with van der Waals surface area (Å²) >= 11 is 0. The minimum absolute atomic E-state index is 0.729. The molecule has 5 rings (SSSR count). The summed E-state index contributed by atoms with van der Waals surface area (Å²) in [4.78, 5) is 11.4. The van der Waals surface area contributed by atoms with Crippen molar-refractivity contribution < 1.29 is 0 Å². The molecule has 0 spiro atoms. The lowest BCUT2D eigenvalue weighted by Gasteiger charge is -2.26. The van der Waals surface area contributed by atoms with Crippen LogP contribution in [0.2, 0.25) is 0 Å². The molecule has 4 heterocycles. The van der Waals surface area contributed by atoms with Gasteiger partial charge in [0.2, 0.25) is 0 Å². The number of hydrogen-bond acceptors (Lipinski definition) is 6. The van der Waals surface area contributed by atoms with Crippen molar-refractivity contribution in [1.29, 1.82) is 0 Å². The highest BCUT2D eigenvalue weighted by Crippen LogP contribution is 2.24. The molecular formula is C21H24N8. The molecular weight excluding hydrogens is 364 g/mol. The van der Waals surface area contributed by atoms with E-state index in [1.807, 2.05) is 52.1 Å². The third-order valence-corrected chi connectivity index (χ3v) is 5.36. The van der Waals surface area contributed by atoms with Crippen LogP contribution in [0.15, 0.2) is 55.2 Å². The van der Waals surface area contributed by atoms with E-state index in [0.717, 1.165) is 41.3 Å². The van der Waals surface area contributed by atoms with Gasteiger partial charge in [-0.1, -0.05) is 24.6 Å². The molecule has 1 N–H and O–H groups in total. The van der Waals surface area contributed by atoms with Gasteiger partial charge in [-0.3, -0.25) is 4.68 Å². The van der Waals surface area contributed by atoms with Crippen molar-refractivity contribution in [3.63, 3.8) is 0 Å². The van der Waals surface area contributed by atoms with Gasteiger partial charge in [0.1, 0.15) is 12.1 Å². The molecule has 1 aromatic carbocycles. The Labute approximate surface area is 169 Å². The van der Waals surface area contributed by atoms with Gasteiger partial charge in [-0.15, -0.1) is 0 Å². The first kappa shape index (κ1) is 17.8. The number of aromatic nitrogens is 6. The topological polar surface area (TPSA) is 76.7 Å². The SMILES string of the molecule is c1ccc(-n2ncc3c(Nc4cnn(CCN5CCCCC5)c4)ncnc32)cc1. The Morgan fingerprint density at radius 1 is 0.897 bits per heavy atom. The quantitative estimate of drug-likeness (QED) is 0.546. The first-order valence-electron chi connectivity index (χ1n) is 10.1. The van der Waals surface area contributed by atoms with Crippen molar-refractivity contribution in [3.05, 3.63) is 55.2 Å². The molecule has 1 fully saturated rings. The fraction of sp³-hybridized carbons (Fsp3) is 0.333. The maximum Gasteiger partial charge on any atom is 0.168 e. The van der Waals surface area contributed by atoms with Gasteiger partial charge in [0.15, 0.2) is 5.65 Å². The molecule has 0 unspecified atom stereocenters. The van der Waals surface area contributed by atoms with Crippen molar-refractivity contribution in [2.75, 3.05) is 25.0 Å². The number of nitrogens with zero attached hydrogens (tertiary/aromatic N) is 7. The van der Waals surface area contributed by atoms with Crippen LogP contribution in [0.5, 0.6) is 0 Å². The highest BCUT2D eigenvalue weighted by molar-refractivity contribution is 5.88. The molecule has 3 aromatic heterocycles. The molecule has 0 saturated carbocycles. The Bertz CT molecular complexity index is 1080. The van der Waals surface area contributed by atoms with Gasteiger partial charge in [-0.2, -0.15) is 10.2 Å². The van der Waals surface area contributed by atoms with Gasteiger partial charge in [-0.25, -0.2) is 14.6 Å². The molecule has 0 radical (unpaired) electrons. The Hall–Kier alpha value is -3.26. The standard InChI is InChI=1S/C21H24N8/c1-3-7-18(8-4-1)29-21-19(14-25-29)20(22-16-23-21)26-17-13-24-28(15-17)12-11-27-9-5-2-6-10-27/h1,3-4,7-8,13-16H,2,5-6,9-12H2,(H,22,23,26). The molecule has 0 bridgehead atoms. The number of rotatable bonds is 6. The lowest BCUT2D eigenvalue weighted by molar-refractivity contribution is 0.218. The Balaban J connectivity index is 1.32. The minimum Gasteiger partial charge on any atom is -0.337 e. The number of likely N-dealkylation sites (tertiary alicyclic amines) is 1. The van der Waals surface area contributed by atoms with E-state index < -0.39 is 0 Å². The third kappa shape index (κ3) is 3.84. The van der Waals surface area contributed by atoms with Crippen molar-refractivity contribution in [2.24, 2.45) is 0 Å². The maximum atomic E-state index is 4.50. The predicted molar refractivity (Wildman–Crippen MR) is 112 cm³/mol. The average Bonchev–Trinajstić information content (AvgIpc) is 3.41. The van der Waals surface area contributed by atoms with Crippen LogP contribution in [0.3, 0.4) is 0 Å². The Kier molecular flexibility index (Phi) is 4.92. The number of benzene rings is 1. The van der Waals surface area contributed by atoms with E-state index in [2.05, 4.69) is 30.4 Å². The molecule has 8 heteroatoms. The van der Waals surface area contributed by atoms with E-state index in [4.69, 9.17) is 0 Å².